The number of nitrogens with one attached hydrogen (secondary N) is 1. The predicted octanol–water partition coefficient (Wildman–Crippen LogP) is 1.49. The number of benzene rings is 2. The molecule has 1 unspecified atom stereocenters. The summed E-state index contributed by atoms with van der Waals surface area (Å²) in [6, 6.07) is 14.4. The zero-order chi connectivity index (χ0) is 21.6. The van der Waals surface area contributed by atoms with Crippen LogP contribution in [0.4, 0.5) is 0 Å². The molecule has 2 aromatic carbocycles. The summed E-state index contributed by atoms with van der Waals surface area (Å²) in [5, 5.41) is 5.50. The Labute approximate surface area is 183 Å². The van der Waals surface area contributed by atoms with Crippen LogP contribution >= 0.6 is 0 Å². The van der Waals surface area contributed by atoms with E-state index in [2.05, 4.69) is 39.4 Å². The molecule has 2 amide bonds. The summed E-state index contributed by atoms with van der Waals surface area (Å²) in [4.78, 5) is 31.4. The van der Waals surface area contributed by atoms with Crippen molar-refractivity contribution in [1.82, 2.24) is 20.0 Å². The van der Waals surface area contributed by atoms with Crippen LogP contribution in [0.1, 0.15) is 18.5 Å². The lowest BCUT2D eigenvalue weighted by molar-refractivity contribution is -0.135. The van der Waals surface area contributed by atoms with E-state index in [0.29, 0.717) is 39.4 Å². The van der Waals surface area contributed by atoms with E-state index in [9.17, 15) is 9.59 Å². The first-order valence-corrected chi connectivity index (χ1v) is 11.2. The molecule has 0 saturated carbocycles. The molecule has 7 heteroatoms. The largest absolute Gasteiger partial charge is 0.379 e. The molecule has 0 radical (unpaired) electrons. The summed E-state index contributed by atoms with van der Waals surface area (Å²) in [5.41, 5.74) is 1.13. The topological polar surface area (TPSA) is 65.1 Å². The number of rotatable bonds is 6. The van der Waals surface area contributed by atoms with Crippen molar-refractivity contribution in [2.75, 3.05) is 65.6 Å². The van der Waals surface area contributed by atoms with Crippen LogP contribution in [0.2, 0.25) is 0 Å². The van der Waals surface area contributed by atoms with E-state index in [1.54, 1.807) is 0 Å². The van der Waals surface area contributed by atoms with Crippen LogP contribution in [-0.4, -0.2) is 92.1 Å². The van der Waals surface area contributed by atoms with Crippen LogP contribution in [0.3, 0.4) is 0 Å². The van der Waals surface area contributed by atoms with E-state index in [1.807, 2.05) is 30.0 Å². The quantitative estimate of drug-likeness (QED) is 0.761. The fourth-order valence-electron chi connectivity index (χ4n) is 4.40. The summed E-state index contributed by atoms with van der Waals surface area (Å²) in [6.07, 6.45) is 0. The number of carbonyl (C=O) groups excluding carboxylic acids is 2. The van der Waals surface area contributed by atoms with E-state index in [4.69, 9.17) is 4.74 Å². The lowest BCUT2D eigenvalue weighted by Gasteiger charge is -2.36. The maximum Gasteiger partial charge on any atom is 0.236 e. The molecule has 4 rings (SSSR count). The second kappa shape index (κ2) is 10.2. The zero-order valence-electron chi connectivity index (χ0n) is 18.3. The van der Waals surface area contributed by atoms with Crippen molar-refractivity contribution in [1.29, 1.82) is 0 Å². The smallest absolute Gasteiger partial charge is 0.236 e. The van der Waals surface area contributed by atoms with Crippen molar-refractivity contribution in [3.63, 3.8) is 0 Å². The fraction of sp³-hybridized carbons (Fsp3) is 0.500. The van der Waals surface area contributed by atoms with E-state index in [0.717, 1.165) is 31.7 Å². The second-order valence-electron chi connectivity index (χ2n) is 8.40. The molecule has 2 aliphatic heterocycles. The van der Waals surface area contributed by atoms with Gasteiger partial charge in [0.1, 0.15) is 0 Å². The van der Waals surface area contributed by atoms with Crippen molar-refractivity contribution in [2.24, 2.45) is 0 Å². The normalized spacial score (nSPS) is 19.3. The third kappa shape index (κ3) is 5.61. The number of hydrogen-bond donors (Lipinski definition) is 1. The molecule has 0 bridgehead atoms. The molecule has 2 aliphatic rings. The van der Waals surface area contributed by atoms with Crippen LogP contribution < -0.4 is 5.32 Å². The number of fused-ring (bicyclic) bond motifs is 1. The van der Waals surface area contributed by atoms with Gasteiger partial charge in [0.05, 0.1) is 32.3 Å². The maximum absolute atomic E-state index is 12.7. The lowest BCUT2D eigenvalue weighted by atomic mass is 10.00. The van der Waals surface area contributed by atoms with Gasteiger partial charge in [0.15, 0.2) is 0 Å². The number of amides is 2. The first-order valence-electron chi connectivity index (χ1n) is 11.2. The Bertz CT molecular complexity index is 899. The molecule has 0 spiro atoms. The van der Waals surface area contributed by atoms with Crippen LogP contribution in [0.15, 0.2) is 42.5 Å². The highest BCUT2D eigenvalue weighted by atomic mass is 16.5. The van der Waals surface area contributed by atoms with Gasteiger partial charge in [-0.25, -0.2) is 0 Å². The first kappa shape index (κ1) is 21.7. The SMILES string of the molecule is CC(NC(=O)CN1CCN(C(=O)CN2CCOCC2)CC1)c1cccc2ccccc12. The van der Waals surface area contributed by atoms with Gasteiger partial charge in [0.25, 0.3) is 0 Å². The van der Waals surface area contributed by atoms with Crippen molar-refractivity contribution < 1.29 is 14.3 Å². The second-order valence-corrected chi connectivity index (χ2v) is 8.40. The van der Waals surface area contributed by atoms with Crippen molar-refractivity contribution in [2.45, 2.75) is 13.0 Å². The minimum Gasteiger partial charge on any atom is -0.379 e. The maximum atomic E-state index is 12.7. The van der Waals surface area contributed by atoms with E-state index >= 15 is 0 Å². The Hall–Kier alpha value is -2.48. The Morgan fingerprint density at radius 1 is 0.903 bits per heavy atom. The van der Waals surface area contributed by atoms with Gasteiger partial charge in [0, 0.05) is 39.3 Å². The number of morpholine rings is 1. The minimum atomic E-state index is -0.0602. The van der Waals surface area contributed by atoms with Gasteiger partial charge in [-0.3, -0.25) is 19.4 Å². The van der Waals surface area contributed by atoms with Gasteiger partial charge in [-0.15, -0.1) is 0 Å². The summed E-state index contributed by atoms with van der Waals surface area (Å²) < 4.78 is 5.34. The standard InChI is InChI=1S/C24H32N4O3/c1-19(21-8-4-6-20-5-2-3-7-22(20)21)25-23(29)17-26-9-11-28(12-10-26)24(30)18-27-13-15-31-16-14-27/h2-8,19H,9-18H2,1H3,(H,25,29). The Kier molecular flexibility index (Phi) is 7.17. The average Bonchev–Trinajstić information content (AvgIpc) is 2.79. The van der Waals surface area contributed by atoms with E-state index < -0.39 is 0 Å². The molecule has 31 heavy (non-hydrogen) atoms. The first-order chi connectivity index (χ1) is 15.1. The van der Waals surface area contributed by atoms with Gasteiger partial charge in [0.2, 0.25) is 11.8 Å². The molecular formula is C24H32N4O3. The van der Waals surface area contributed by atoms with Gasteiger partial charge < -0.3 is 15.0 Å². The van der Waals surface area contributed by atoms with Crippen molar-refractivity contribution in [3.8, 4) is 0 Å². The van der Waals surface area contributed by atoms with Gasteiger partial charge >= 0.3 is 0 Å². The molecular weight excluding hydrogens is 392 g/mol. The van der Waals surface area contributed by atoms with Crippen molar-refractivity contribution >= 4 is 22.6 Å². The number of carbonyl (C=O) groups is 2. The van der Waals surface area contributed by atoms with E-state index in [-0.39, 0.29) is 17.9 Å². The summed E-state index contributed by atoms with van der Waals surface area (Å²) >= 11 is 0. The highest BCUT2D eigenvalue weighted by Gasteiger charge is 2.25. The predicted molar refractivity (Wildman–Crippen MR) is 121 cm³/mol. The molecule has 2 aromatic rings. The molecule has 0 aliphatic carbocycles. The van der Waals surface area contributed by atoms with Gasteiger partial charge in [-0.1, -0.05) is 42.5 Å². The minimum absolute atomic E-state index is 0.0218. The van der Waals surface area contributed by atoms with Gasteiger partial charge in [-0.2, -0.15) is 0 Å². The monoisotopic (exact) mass is 424 g/mol. The fourth-order valence-corrected chi connectivity index (χ4v) is 4.40. The molecule has 2 heterocycles. The van der Waals surface area contributed by atoms with Crippen LogP contribution in [-0.2, 0) is 14.3 Å². The van der Waals surface area contributed by atoms with Crippen LogP contribution in [0.5, 0.6) is 0 Å². The highest BCUT2D eigenvalue weighted by Crippen LogP contribution is 2.24. The summed E-state index contributed by atoms with van der Waals surface area (Å²) in [7, 11) is 0. The van der Waals surface area contributed by atoms with Gasteiger partial charge in [-0.05, 0) is 23.3 Å². The molecule has 2 fully saturated rings. The number of piperazine rings is 1. The number of nitrogens with zero attached hydrogens (tertiary/aromatic N) is 3. The number of ether oxygens (including phenoxy) is 1. The highest BCUT2D eigenvalue weighted by molar-refractivity contribution is 5.87. The van der Waals surface area contributed by atoms with Crippen LogP contribution in [0.25, 0.3) is 10.8 Å². The Morgan fingerprint density at radius 3 is 2.35 bits per heavy atom. The Balaban J connectivity index is 1.24. The third-order valence-electron chi connectivity index (χ3n) is 6.22. The van der Waals surface area contributed by atoms with E-state index in [1.165, 1.54) is 10.8 Å². The zero-order valence-corrected chi connectivity index (χ0v) is 18.3. The Morgan fingerprint density at radius 2 is 1.58 bits per heavy atom. The molecule has 1 atom stereocenters. The lowest BCUT2D eigenvalue weighted by Crippen LogP contribution is -2.53. The molecule has 166 valence electrons. The summed E-state index contributed by atoms with van der Waals surface area (Å²) in [5.74, 6) is 0.198. The molecule has 1 N–H and O–H groups in total. The third-order valence-corrected chi connectivity index (χ3v) is 6.22. The van der Waals surface area contributed by atoms with Crippen molar-refractivity contribution in [3.05, 3.63) is 48.0 Å². The summed E-state index contributed by atoms with van der Waals surface area (Å²) in [6.45, 7) is 8.71. The van der Waals surface area contributed by atoms with Crippen LogP contribution in [0, 0.1) is 0 Å². The number of hydrogen-bond acceptors (Lipinski definition) is 5. The molecule has 2 saturated heterocycles. The average molecular weight is 425 g/mol. The molecule has 7 nitrogen and oxygen atoms in total. The molecule has 0 aromatic heterocycles.